The van der Waals surface area contributed by atoms with Crippen LogP contribution in [0.5, 0.6) is 17.2 Å². The predicted molar refractivity (Wildman–Crippen MR) is 186 cm³/mol. The number of nitrogens with zero attached hydrogens (tertiary/aromatic N) is 3. The first-order valence-corrected chi connectivity index (χ1v) is 17.6. The average molecular weight is 781 g/mol. The van der Waals surface area contributed by atoms with E-state index in [1.54, 1.807) is 30.3 Å². The third-order valence-corrected chi connectivity index (χ3v) is 12.4. The Morgan fingerprint density at radius 3 is 2.40 bits per heavy atom. The third-order valence-electron chi connectivity index (χ3n) is 10.5. The molecule has 4 aromatic rings. The fourth-order valence-corrected chi connectivity index (χ4v) is 9.65. The molecule has 8 rings (SSSR count). The van der Waals surface area contributed by atoms with Gasteiger partial charge in [0.25, 0.3) is 11.8 Å². The number of alkyl halides is 3. The molecule has 11 nitrogen and oxygen atoms in total. The lowest BCUT2D eigenvalue weighted by molar-refractivity contribution is -0.138. The molecule has 4 amide bonds. The number of benzene rings is 3. The zero-order valence-corrected chi connectivity index (χ0v) is 29.7. The molecule has 2 aliphatic heterocycles. The Labute approximate surface area is 303 Å². The Kier molecular flexibility index (Phi) is 7.59. The second kappa shape index (κ2) is 11.6. The van der Waals surface area contributed by atoms with E-state index < -0.39 is 57.0 Å². The van der Waals surface area contributed by atoms with Gasteiger partial charge in [-0.3, -0.25) is 29.0 Å². The minimum Gasteiger partial charge on any atom is -0.507 e. The molecule has 3 heterocycles. The summed E-state index contributed by atoms with van der Waals surface area (Å²) < 4.78 is 16.9. The lowest BCUT2D eigenvalue weighted by Crippen LogP contribution is -2.60. The molecule has 2 aliphatic carbocycles. The van der Waals surface area contributed by atoms with Crippen molar-refractivity contribution in [1.29, 1.82) is 0 Å². The van der Waals surface area contributed by atoms with Crippen LogP contribution in [0.15, 0.2) is 76.7 Å². The van der Waals surface area contributed by atoms with Gasteiger partial charge < -0.3 is 19.0 Å². The molecule has 4 aliphatic rings. The van der Waals surface area contributed by atoms with Crippen molar-refractivity contribution in [3.8, 4) is 28.7 Å². The van der Waals surface area contributed by atoms with Gasteiger partial charge in [-0.2, -0.15) is 0 Å². The Morgan fingerprint density at radius 1 is 0.980 bits per heavy atom. The molecule has 256 valence electrons. The van der Waals surface area contributed by atoms with Crippen LogP contribution >= 0.6 is 39.1 Å². The van der Waals surface area contributed by atoms with Gasteiger partial charge in [0.2, 0.25) is 17.7 Å². The summed E-state index contributed by atoms with van der Waals surface area (Å²) in [6, 6.07) is 17.0. The zero-order chi connectivity index (χ0) is 35.3. The van der Waals surface area contributed by atoms with Crippen molar-refractivity contribution in [3.63, 3.8) is 0 Å². The van der Waals surface area contributed by atoms with Crippen LogP contribution in [0.3, 0.4) is 0 Å². The smallest absolute Gasteiger partial charge is 0.254 e. The highest BCUT2D eigenvalue weighted by atomic mass is 79.9. The predicted octanol–water partition coefficient (Wildman–Crippen LogP) is 6.13. The minimum absolute atomic E-state index is 0.115. The Bertz CT molecular complexity index is 2140. The van der Waals surface area contributed by atoms with E-state index in [4.69, 9.17) is 37.1 Å². The van der Waals surface area contributed by atoms with Crippen LogP contribution in [-0.4, -0.2) is 68.0 Å². The second-order valence-corrected chi connectivity index (χ2v) is 14.5. The van der Waals surface area contributed by atoms with Gasteiger partial charge in [-0.1, -0.05) is 39.7 Å². The Hall–Kier alpha value is -4.39. The van der Waals surface area contributed by atoms with E-state index in [0.717, 1.165) is 9.80 Å². The number of halogens is 3. The van der Waals surface area contributed by atoms with Crippen molar-refractivity contribution in [3.05, 3.63) is 77.9 Å². The van der Waals surface area contributed by atoms with E-state index in [1.165, 1.54) is 26.4 Å². The number of para-hydroxylation sites is 2. The SMILES string of the molecule is COc1cc(O)c(C2C3=CCC4C(=O)N(c5ccc(-c6nc7ccccc7o6)cc5)C(=O)C4C3CC3(Cl)C(=O)N(CBr)C(=O)C23Cl)c(OC)c1. The normalized spacial score (nSPS) is 28.9. The van der Waals surface area contributed by atoms with E-state index in [9.17, 15) is 24.3 Å². The number of amides is 4. The fourth-order valence-electron chi connectivity index (χ4n) is 8.24. The summed E-state index contributed by atoms with van der Waals surface area (Å²) in [5, 5.41) is 11.4. The molecular formula is C36H28BrCl2N3O8. The van der Waals surface area contributed by atoms with Crippen molar-refractivity contribution in [2.75, 3.05) is 24.6 Å². The number of aromatic nitrogens is 1. The number of rotatable bonds is 6. The number of carbonyl (C=O) groups excluding carboxylic acids is 4. The minimum atomic E-state index is -2.11. The molecule has 14 heteroatoms. The monoisotopic (exact) mass is 779 g/mol. The number of hydrogen-bond acceptors (Lipinski definition) is 9. The molecule has 3 aromatic carbocycles. The van der Waals surface area contributed by atoms with Crippen molar-refractivity contribution < 1.29 is 38.2 Å². The van der Waals surface area contributed by atoms with Gasteiger partial charge in [0, 0.05) is 29.2 Å². The molecule has 0 radical (unpaired) electrons. The number of hydrogen-bond donors (Lipinski definition) is 1. The number of allylic oxidation sites excluding steroid dienone is 2. The first kappa shape index (κ1) is 32.8. The van der Waals surface area contributed by atoms with Crippen LogP contribution in [-0.2, 0) is 19.2 Å². The number of oxazole rings is 1. The highest BCUT2D eigenvalue weighted by Gasteiger charge is 2.76. The molecular weight excluding hydrogens is 753 g/mol. The van der Waals surface area contributed by atoms with Gasteiger partial charge in [-0.05, 0) is 55.2 Å². The second-order valence-electron chi connectivity index (χ2n) is 12.8. The van der Waals surface area contributed by atoms with Gasteiger partial charge in [0.05, 0.1) is 37.2 Å². The van der Waals surface area contributed by atoms with E-state index >= 15 is 0 Å². The van der Waals surface area contributed by atoms with E-state index in [-0.39, 0.29) is 41.1 Å². The van der Waals surface area contributed by atoms with E-state index in [1.807, 2.05) is 24.3 Å². The van der Waals surface area contributed by atoms with Crippen molar-refractivity contribution in [2.45, 2.75) is 28.5 Å². The molecule has 2 saturated heterocycles. The number of likely N-dealkylation sites (tertiary alicyclic amines) is 1. The summed E-state index contributed by atoms with van der Waals surface area (Å²) in [5.41, 5.74) is 2.82. The summed E-state index contributed by atoms with van der Waals surface area (Å²) in [6.07, 6.45) is 1.75. The molecule has 1 aromatic heterocycles. The lowest BCUT2D eigenvalue weighted by atomic mass is 9.56. The highest BCUT2D eigenvalue weighted by molar-refractivity contribution is 9.09. The molecule has 1 N–H and O–H groups in total. The summed E-state index contributed by atoms with van der Waals surface area (Å²) in [7, 11) is 2.81. The van der Waals surface area contributed by atoms with Gasteiger partial charge in [-0.15, -0.1) is 23.2 Å². The first-order valence-electron chi connectivity index (χ1n) is 15.8. The maximum Gasteiger partial charge on any atom is 0.254 e. The van der Waals surface area contributed by atoms with Gasteiger partial charge >= 0.3 is 0 Å². The van der Waals surface area contributed by atoms with Crippen LogP contribution in [0.4, 0.5) is 5.69 Å². The molecule has 0 spiro atoms. The largest absolute Gasteiger partial charge is 0.507 e. The van der Waals surface area contributed by atoms with Crippen LogP contribution < -0.4 is 14.4 Å². The quantitative estimate of drug-likeness (QED) is 0.106. The fraction of sp³-hybridized carbons (Fsp3) is 0.306. The summed E-state index contributed by atoms with van der Waals surface area (Å²) in [4.78, 5) is 59.0. The summed E-state index contributed by atoms with van der Waals surface area (Å²) >= 11 is 17.9. The van der Waals surface area contributed by atoms with Crippen molar-refractivity contribution >= 4 is 79.5 Å². The van der Waals surface area contributed by atoms with Crippen LogP contribution in [0.2, 0.25) is 0 Å². The molecule has 1 saturated carbocycles. The lowest BCUT2D eigenvalue weighted by Gasteiger charge is -2.51. The number of fused-ring (bicyclic) bond motifs is 5. The maximum absolute atomic E-state index is 14.4. The van der Waals surface area contributed by atoms with Crippen molar-refractivity contribution in [1.82, 2.24) is 9.88 Å². The molecule has 0 bridgehead atoms. The number of aromatic hydroxyl groups is 1. The van der Waals surface area contributed by atoms with E-state index in [0.29, 0.717) is 33.8 Å². The van der Waals surface area contributed by atoms with Crippen LogP contribution in [0.25, 0.3) is 22.6 Å². The van der Waals surface area contributed by atoms with Crippen molar-refractivity contribution in [2.24, 2.45) is 17.8 Å². The molecule has 6 unspecified atom stereocenters. The van der Waals surface area contributed by atoms with Gasteiger partial charge in [0.15, 0.2) is 15.3 Å². The third kappa shape index (κ3) is 4.31. The number of carbonyl (C=O) groups is 4. The Morgan fingerprint density at radius 2 is 1.72 bits per heavy atom. The highest BCUT2D eigenvalue weighted by Crippen LogP contribution is 2.67. The Balaban J connectivity index is 1.21. The average Bonchev–Trinajstić information content (AvgIpc) is 3.71. The summed E-state index contributed by atoms with van der Waals surface area (Å²) in [5.74, 6) is -5.53. The number of phenolic OH excluding ortho intramolecular Hbond substituents is 1. The number of phenols is 1. The van der Waals surface area contributed by atoms with Crippen LogP contribution in [0.1, 0.15) is 24.3 Å². The van der Waals surface area contributed by atoms with E-state index in [2.05, 4.69) is 20.9 Å². The first-order chi connectivity index (χ1) is 24.0. The molecule has 50 heavy (non-hydrogen) atoms. The number of methoxy groups -OCH3 is 2. The topological polar surface area (TPSA) is 139 Å². The standard InChI is InChI=1S/C36H28BrCl2N3O8/c1-48-19-13-24(43)28(26(14-19)49-2)29-20-11-12-21-27(22(20)15-35(38)33(46)41(16-37)34(47)36(29,35)39)32(45)42(31(21)44)18-9-7-17(8-10-18)30-40-23-5-3-4-6-25(23)50-30/h3-11,13-14,21-22,27,29,43H,12,15-16H2,1-2H3. The number of ether oxygens (including phenoxy) is 2. The molecule has 6 atom stereocenters. The molecule has 3 fully saturated rings. The maximum atomic E-state index is 14.4. The van der Waals surface area contributed by atoms with Crippen LogP contribution in [0, 0.1) is 17.8 Å². The zero-order valence-electron chi connectivity index (χ0n) is 26.6. The number of imide groups is 2. The van der Waals surface area contributed by atoms with Gasteiger partial charge in [-0.25, -0.2) is 4.98 Å². The summed E-state index contributed by atoms with van der Waals surface area (Å²) in [6.45, 7) is 0. The van der Waals surface area contributed by atoms with Gasteiger partial charge in [0.1, 0.15) is 22.8 Å². The number of anilines is 1.